The number of aromatic nitrogens is 3. The maximum atomic E-state index is 13.3. The van der Waals surface area contributed by atoms with Gasteiger partial charge in [-0.25, -0.2) is 13.8 Å². The van der Waals surface area contributed by atoms with Crippen LogP contribution in [0, 0.1) is 11.8 Å². The zero-order valence-corrected chi connectivity index (χ0v) is 17.9. The summed E-state index contributed by atoms with van der Waals surface area (Å²) in [6.07, 6.45) is -3.08. The van der Waals surface area contributed by atoms with E-state index in [2.05, 4.69) is 15.0 Å². The van der Waals surface area contributed by atoms with Crippen molar-refractivity contribution in [3.8, 4) is 11.3 Å². The van der Waals surface area contributed by atoms with Crippen LogP contribution in [0.2, 0.25) is 0 Å². The highest BCUT2D eigenvalue weighted by Crippen LogP contribution is 2.64. The minimum absolute atomic E-state index is 0.105. The first-order valence-corrected chi connectivity index (χ1v) is 11.2. The van der Waals surface area contributed by atoms with E-state index in [4.69, 9.17) is 10.5 Å². The summed E-state index contributed by atoms with van der Waals surface area (Å²) >= 11 is 0. The monoisotopic (exact) mass is 471 g/mol. The third-order valence-corrected chi connectivity index (χ3v) is 7.18. The second-order valence-electron chi connectivity index (χ2n) is 9.16. The Bertz CT molecular complexity index is 990. The molecule has 3 fully saturated rings. The predicted octanol–water partition coefficient (Wildman–Crippen LogP) is 4.03. The fourth-order valence-corrected chi connectivity index (χ4v) is 5.64. The average molecular weight is 471 g/mol. The Morgan fingerprint density at radius 3 is 2.58 bits per heavy atom. The summed E-state index contributed by atoms with van der Waals surface area (Å²) in [5, 5.41) is 4.24. The molecule has 33 heavy (non-hydrogen) atoms. The molecule has 2 aromatic rings. The van der Waals surface area contributed by atoms with Crippen molar-refractivity contribution in [1.82, 2.24) is 19.7 Å². The van der Waals surface area contributed by atoms with Crippen LogP contribution in [0.3, 0.4) is 0 Å². The van der Waals surface area contributed by atoms with Crippen molar-refractivity contribution < 1.29 is 26.7 Å². The van der Waals surface area contributed by atoms with Gasteiger partial charge in [-0.05, 0) is 43.2 Å². The number of halogens is 5. The Kier molecular flexibility index (Phi) is 5.80. The van der Waals surface area contributed by atoms with Gasteiger partial charge in [0.2, 0.25) is 0 Å². The quantitative estimate of drug-likeness (QED) is 0.667. The van der Waals surface area contributed by atoms with E-state index in [1.54, 1.807) is 6.07 Å². The second kappa shape index (κ2) is 8.50. The second-order valence-corrected chi connectivity index (χ2v) is 9.16. The van der Waals surface area contributed by atoms with Gasteiger partial charge in [0.05, 0.1) is 17.9 Å². The van der Waals surface area contributed by atoms with Crippen molar-refractivity contribution in [2.45, 2.75) is 50.4 Å². The Labute approximate surface area is 187 Å². The average Bonchev–Trinajstić information content (AvgIpc) is 3.13. The van der Waals surface area contributed by atoms with Gasteiger partial charge < -0.3 is 10.5 Å². The molecule has 2 N–H and O–H groups in total. The van der Waals surface area contributed by atoms with E-state index in [1.807, 2.05) is 0 Å². The molecule has 0 aromatic carbocycles. The van der Waals surface area contributed by atoms with E-state index in [9.17, 15) is 22.0 Å². The van der Waals surface area contributed by atoms with E-state index in [-0.39, 0.29) is 17.2 Å². The number of alkyl halides is 5. The highest BCUT2D eigenvalue weighted by atomic mass is 19.4. The summed E-state index contributed by atoms with van der Waals surface area (Å²) in [4.78, 5) is 6.12. The van der Waals surface area contributed by atoms with Crippen molar-refractivity contribution in [1.29, 1.82) is 0 Å². The van der Waals surface area contributed by atoms with Gasteiger partial charge >= 0.3 is 6.18 Å². The lowest BCUT2D eigenvalue weighted by atomic mass is 10.0. The van der Waals surface area contributed by atoms with Crippen molar-refractivity contribution in [2.24, 2.45) is 11.8 Å². The molecule has 3 heterocycles. The van der Waals surface area contributed by atoms with Gasteiger partial charge in [0.15, 0.2) is 0 Å². The van der Waals surface area contributed by atoms with Crippen molar-refractivity contribution in [2.75, 3.05) is 32.0 Å². The minimum Gasteiger partial charge on any atom is -0.383 e. The van der Waals surface area contributed by atoms with Crippen LogP contribution in [0.4, 0.5) is 27.8 Å². The largest absolute Gasteiger partial charge is 0.419 e. The number of rotatable bonds is 5. The molecule has 11 heteroatoms. The van der Waals surface area contributed by atoms with E-state index in [1.165, 1.54) is 10.9 Å². The number of nitrogens with two attached hydrogens (primary N) is 1. The zero-order chi connectivity index (χ0) is 23.3. The van der Waals surface area contributed by atoms with Gasteiger partial charge in [-0.15, -0.1) is 0 Å². The fraction of sp³-hybridized carbons (Fsp3) is 0.636. The highest BCUT2D eigenvalue weighted by Gasteiger charge is 2.58. The van der Waals surface area contributed by atoms with E-state index >= 15 is 0 Å². The van der Waals surface area contributed by atoms with Crippen LogP contribution in [0.25, 0.3) is 11.3 Å². The molecular weight excluding hydrogens is 445 g/mol. The minimum atomic E-state index is -4.66. The number of nitrogen functional groups attached to an aromatic ring is 1. The topological polar surface area (TPSA) is 69.2 Å². The SMILES string of the molecule is Nc1ncc(-c2cc(C3C4CC(N5CCCOCC5)CC43)n(CC(F)F)n2)cc1C(F)(F)F. The molecule has 0 spiro atoms. The summed E-state index contributed by atoms with van der Waals surface area (Å²) in [5.41, 5.74) is 5.32. The number of hydrogen-bond donors (Lipinski definition) is 1. The molecule has 1 saturated heterocycles. The standard InChI is InChI=1S/C22H26F5N5O/c23-19(24)11-32-18(9-17(30-32)12-6-16(22(25,26)27)21(28)29-10-12)20-14-7-13(8-15(14)20)31-2-1-4-33-5-3-31/h6,9-10,13-15,19-20H,1-5,7-8,11H2,(H2,28,29). The maximum Gasteiger partial charge on any atom is 0.419 e. The fourth-order valence-electron chi connectivity index (χ4n) is 5.64. The molecule has 180 valence electrons. The molecule has 3 aliphatic rings. The zero-order valence-electron chi connectivity index (χ0n) is 17.9. The Morgan fingerprint density at radius 1 is 1.12 bits per heavy atom. The number of anilines is 1. The molecule has 2 unspecified atom stereocenters. The van der Waals surface area contributed by atoms with E-state index in [0.717, 1.165) is 51.6 Å². The molecule has 2 aromatic heterocycles. The molecule has 0 amide bonds. The summed E-state index contributed by atoms with van der Waals surface area (Å²) in [6.45, 7) is 2.84. The van der Waals surface area contributed by atoms with Gasteiger partial charge in [0, 0.05) is 49.1 Å². The van der Waals surface area contributed by atoms with Crippen LogP contribution in [-0.2, 0) is 17.5 Å². The molecule has 1 aliphatic heterocycles. The third-order valence-electron chi connectivity index (χ3n) is 7.18. The van der Waals surface area contributed by atoms with E-state index in [0.29, 0.717) is 23.6 Å². The third kappa shape index (κ3) is 4.44. The normalized spacial score (nSPS) is 28.2. The molecule has 2 saturated carbocycles. The van der Waals surface area contributed by atoms with Crippen LogP contribution < -0.4 is 5.73 Å². The van der Waals surface area contributed by atoms with Gasteiger partial charge in [-0.2, -0.15) is 18.3 Å². The van der Waals surface area contributed by atoms with Crippen molar-refractivity contribution >= 4 is 5.82 Å². The van der Waals surface area contributed by atoms with Gasteiger partial charge in [0.1, 0.15) is 12.4 Å². The van der Waals surface area contributed by atoms with Crippen LogP contribution in [-0.4, -0.2) is 58.4 Å². The first kappa shape index (κ1) is 22.5. The van der Waals surface area contributed by atoms with Gasteiger partial charge in [-0.3, -0.25) is 9.58 Å². The van der Waals surface area contributed by atoms with Gasteiger partial charge in [-0.1, -0.05) is 0 Å². The van der Waals surface area contributed by atoms with Crippen molar-refractivity contribution in [3.05, 3.63) is 29.6 Å². The Morgan fingerprint density at radius 2 is 1.88 bits per heavy atom. The molecule has 6 nitrogen and oxygen atoms in total. The number of pyridine rings is 1. The van der Waals surface area contributed by atoms with Crippen molar-refractivity contribution in [3.63, 3.8) is 0 Å². The lowest BCUT2D eigenvalue weighted by Gasteiger charge is -2.28. The molecule has 5 rings (SSSR count). The van der Waals surface area contributed by atoms with Crippen LogP contribution in [0.15, 0.2) is 18.3 Å². The lowest BCUT2D eigenvalue weighted by Crippen LogP contribution is -2.36. The molecule has 0 bridgehead atoms. The maximum absolute atomic E-state index is 13.3. The lowest BCUT2D eigenvalue weighted by molar-refractivity contribution is -0.137. The Balaban J connectivity index is 1.37. The number of fused-ring (bicyclic) bond motifs is 1. The molecular formula is C22H26F5N5O. The summed E-state index contributed by atoms with van der Waals surface area (Å²) in [5.74, 6) is 0.249. The molecule has 2 aliphatic carbocycles. The van der Waals surface area contributed by atoms with Crippen LogP contribution in [0.1, 0.15) is 36.4 Å². The van der Waals surface area contributed by atoms with E-state index < -0.39 is 30.5 Å². The predicted molar refractivity (Wildman–Crippen MR) is 111 cm³/mol. The van der Waals surface area contributed by atoms with Gasteiger partial charge in [0.25, 0.3) is 6.43 Å². The van der Waals surface area contributed by atoms with Crippen LogP contribution in [0.5, 0.6) is 0 Å². The smallest absolute Gasteiger partial charge is 0.383 e. The summed E-state index contributed by atoms with van der Waals surface area (Å²) in [6, 6.07) is 3.00. The highest BCUT2D eigenvalue weighted by molar-refractivity contribution is 5.63. The number of ether oxygens (including phenoxy) is 1. The summed E-state index contributed by atoms with van der Waals surface area (Å²) in [7, 11) is 0. The molecule has 2 atom stereocenters. The number of nitrogens with zero attached hydrogens (tertiary/aromatic N) is 4. The number of hydrogen-bond acceptors (Lipinski definition) is 5. The first-order valence-electron chi connectivity index (χ1n) is 11.2. The summed E-state index contributed by atoms with van der Waals surface area (Å²) < 4.78 is 73.1. The van der Waals surface area contributed by atoms with Crippen LogP contribution >= 0.6 is 0 Å². The Hall–Kier alpha value is -2.27. The molecule has 0 radical (unpaired) electrons. The first-order chi connectivity index (χ1) is 15.7.